The number of aryl methyl sites for hydroxylation is 2. The zero-order chi connectivity index (χ0) is 23.0. The molecule has 1 atom stereocenters. The molecule has 2 aromatic carbocycles. The second-order valence-corrected chi connectivity index (χ2v) is 10.2. The molecule has 0 saturated heterocycles. The van der Waals surface area contributed by atoms with Crippen molar-refractivity contribution in [2.24, 2.45) is 0 Å². The van der Waals surface area contributed by atoms with Crippen molar-refractivity contribution < 1.29 is 19.7 Å². The third-order valence-corrected chi connectivity index (χ3v) is 5.34. The number of phenolic OH excluding ortho intramolecular Hbond substituents is 2. The third kappa shape index (κ3) is 4.86. The molecular weight excluding hydrogens is 376 g/mol. The second kappa shape index (κ2) is 8.43. The standard InChI is InChI=1S/C26H36O4/c1-15(2)30-24(18-10-16(3)12-20(22(18)28)25(5,6)7)19-11-17(4)13-21(23(19)29)26(8,9)14-27/h10-15,24,28-29H,1-9H3. The molecular formula is C26H36O4. The van der Waals surface area contributed by atoms with E-state index in [-0.39, 0.29) is 23.0 Å². The van der Waals surface area contributed by atoms with Gasteiger partial charge in [0, 0.05) is 22.1 Å². The van der Waals surface area contributed by atoms with Crippen molar-refractivity contribution >= 4 is 6.29 Å². The number of ether oxygens (including phenoxy) is 1. The maximum Gasteiger partial charge on any atom is 0.130 e. The summed E-state index contributed by atoms with van der Waals surface area (Å²) >= 11 is 0. The molecule has 2 rings (SSSR count). The van der Waals surface area contributed by atoms with E-state index in [9.17, 15) is 15.0 Å². The summed E-state index contributed by atoms with van der Waals surface area (Å²) in [6, 6.07) is 7.59. The van der Waals surface area contributed by atoms with E-state index in [1.165, 1.54) is 0 Å². The number of hydrogen-bond donors (Lipinski definition) is 2. The Morgan fingerprint density at radius 1 is 0.833 bits per heavy atom. The Balaban J connectivity index is 2.85. The normalized spacial score (nSPS) is 13.5. The Bertz CT molecular complexity index is 933. The third-order valence-electron chi connectivity index (χ3n) is 5.34. The van der Waals surface area contributed by atoms with E-state index in [1.54, 1.807) is 13.8 Å². The lowest BCUT2D eigenvalue weighted by atomic mass is 9.80. The first-order valence-corrected chi connectivity index (χ1v) is 10.5. The monoisotopic (exact) mass is 412 g/mol. The summed E-state index contributed by atoms with van der Waals surface area (Å²) in [6.45, 7) is 17.5. The fourth-order valence-electron chi connectivity index (χ4n) is 3.73. The summed E-state index contributed by atoms with van der Waals surface area (Å²) < 4.78 is 6.25. The Morgan fingerprint density at radius 2 is 1.27 bits per heavy atom. The van der Waals surface area contributed by atoms with Crippen LogP contribution in [0.3, 0.4) is 0 Å². The highest BCUT2D eigenvalue weighted by Crippen LogP contribution is 2.45. The summed E-state index contributed by atoms with van der Waals surface area (Å²) in [5, 5.41) is 22.4. The molecule has 0 aliphatic carbocycles. The van der Waals surface area contributed by atoms with Crippen molar-refractivity contribution in [1.29, 1.82) is 0 Å². The molecule has 30 heavy (non-hydrogen) atoms. The van der Waals surface area contributed by atoms with Gasteiger partial charge in [-0.25, -0.2) is 0 Å². The minimum absolute atomic E-state index is 0.0292. The van der Waals surface area contributed by atoms with Gasteiger partial charge in [0.05, 0.1) is 6.10 Å². The fraction of sp³-hybridized carbons (Fsp3) is 0.500. The van der Waals surface area contributed by atoms with Crippen LogP contribution in [-0.2, 0) is 20.4 Å². The van der Waals surface area contributed by atoms with Gasteiger partial charge in [-0.1, -0.05) is 44.0 Å². The summed E-state index contributed by atoms with van der Waals surface area (Å²) in [5.74, 6) is 0.206. The van der Waals surface area contributed by atoms with Crippen molar-refractivity contribution in [3.63, 3.8) is 0 Å². The number of rotatable bonds is 6. The van der Waals surface area contributed by atoms with Crippen LogP contribution in [0.15, 0.2) is 24.3 Å². The topological polar surface area (TPSA) is 66.8 Å². The van der Waals surface area contributed by atoms with E-state index in [4.69, 9.17) is 4.74 Å². The van der Waals surface area contributed by atoms with Crippen molar-refractivity contribution in [2.45, 2.75) is 85.4 Å². The van der Waals surface area contributed by atoms with Crippen LogP contribution >= 0.6 is 0 Å². The Hall–Kier alpha value is -2.33. The summed E-state index contributed by atoms with van der Waals surface area (Å²) in [6.07, 6.45) is 0.0216. The Labute approximate surface area is 180 Å². The molecule has 0 heterocycles. The number of hydrogen-bond acceptors (Lipinski definition) is 4. The first-order chi connectivity index (χ1) is 13.7. The maximum atomic E-state index is 11.7. The molecule has 0 aliphatic rings. The summed E-state index contributed by atoms with van der Waals surface area (Å²) in [5.41, 5.74) is 3.35. The number of phenols is 2. The van der Waals surface area contributed by atoms with Crippen LogP contribution in [0.1, 0.15) is 88.0 Å². The minimum Gasteiger partial charge on any atom is -0.507 e. The average Bonchev–Trinajstić information content (AvgIpc) is 2.62. The number of carbonyl (C=O) groups is 1. The fourth-order valence-corrected chi connectivity index (χ4v) is 3.73. The molecule has 4 nitrogen and oxygen atoms in total. The Kier molecular flexibility index (Phi) is 6.72. The van der Waals surface area contributed by atoms with Crippen LogP contribution in [0.25, 0.3) is 0 Å². The highest BCUT2D eigenvalue weighted by Gasteiger charge is 2.31. The van der Waals surface area contributed by atoms with Gasteiger partial charge in [-0.05, 0) is 64.7 Å². The quantitative estimate of drug-likeness (QED) is 0.571. The molecule has 0 amide bonds. The van der Waals surface area contributed by atoms with E-state index in [0.717, 1.165) is 23.0 Å². The van der Waals surface area contributed by atoms with E-state index < -0.39 is 11.5 Å². The molecule has 2 aromatic rings. The number of benzene rings is 2. The summed E-state index contributed by atoms with van der Waals surface area (Å²) in [4.78, 5) is 11.7. The van der Waals surface area contributed by atoms with Gasteiger partial charge in [0.15, 0.2) is 0 Å². The SMILES string of the molecule is Cc1cc(C(OC(C)C)c2cc(C)cc(C(C)(C)C=O)c2O)c(O)c(C(C)(C)C)c1. The molecule has 4 heteroatoms. The van der Waals surface area contributed by atoms with Gasteiger partial charge < -0.3 is 19.7 Å². The molecule has 0 saturated carbocycles. The molecule has 0 fully saturated rings. The highest BCUT2D eigenvalue weighted by molar-refractivity contribution is 5.70. The molecule has 0 aliphatic heterocycles. The lowest BCUT2D eigenvalue weighted by Crippen LogP contribution is -2.21. The van der Waals surface area contributed by atoms with Gasteiger partial charge in [-0.2, -0.15) is 0 Å². The minimum atomic E-state index is -0.849. The van der Waals surface area contributed by atoms with E-state index in [2.05, 4.69) is 20.8 Å². The first-order valence-electron chi connectivity index (χ1n) is 10.5. The largest absolute Gasteiger partial charge is 0.507 e. The molecule has 0 bridgehead atoms. The molecule has 1 unspecified atom stereocenters. The molecule has 164 valence electrons. The van der Waals surface area contributed by atoms with Gasteiger partial charge in [-0.3, -0.25) is 0 Å². The van der Waals surface area contributed by atoms with Gasteiger partial charge in [0.1, 0.15) is 23.9 Å². The highest BCUT2D eigenvalue weighted by atomic mass is 16.5. The smallest absolute Gasteiger partial charge is 0.130 e. The van der Waals surface area contributed by atoms with Crippen LogP contribution < -0.4 is 0 Å². The predicted octanol–water partition coefficient (Wildman–Crippen LogP) is 6.00. The zero-order valence-corrected chi connectivity index (χ0v) is 19.8. The van der Waals surface area contributed by atoms with Crippen LogP contribution in [0.4, 0.5) is 0 Å². The lowest BCUT2D eigenvalue weighted by molar-refractivity contribution is -0.111. The van der Waals surface area contributed by atoms with Gasteiger partial charge >= 0.3 is 0 Å². The molecule has 0 spiro atoms. The molecule has 0 radical (unpaired) electrons. The lowest BCUT2D eigenvalue weighted by Gasteiger charge is -2.29. The zero-order valence-electron chi connectivity index (χ0n) is 19.8. The predicted molar refractivity (Wildman–Crippen MR) is 122 cm³/mol. The first kappa shape index (κ1) is 23.9. The van der Waals surface area contributed by atoms with Crippen molar-refractivity contribution in [3.05, 3.63) is 57.6 Å². The number of aldehydes is 1. The van der Waals surface area contributed by atoms with Gasteiger partial charge in [0.2, 0.25) is 0 Å². The van der Waals surface area contributed by atoms with Gasteiger partial charge in [0.25, 0.3) is 0 Å². The van der Waals surface area contributed by atoms with Crippen molar-refractivity contribution in [1.82, 2.24) is 0 Å². The van der Waals surface area contributed by atoms with Crippen LogP contribution in [-0.4, -0.2) is 22.6 Å². The van der Waals surface area contributed by atoms with Crippen LogP contribution in [0, 0.1) is 13.8 Å². The van der Waals surface area contributed by atoms with Crippen molar-refractivity contribution in [3.8, 4) is 11.5 Å². The summed E-state index contributed by atoms with van der Waals surface area (Å²) in [7, 11) is 0. The molecule has 2 N–H and O–H groups in total. The van der Waals surface area contributed by atoms with E-state index in [1.807, 2.05) is 52.0 Å². The number of carbonyl (C=O) groups excluding carboxylic acids is 1. The van der Waals surface area contributed by atoms with E-state index in [0.29, 0.717) is 16.7 Å². The Morgan fingerprint density at radius 3 is 1.67 bits per heavy atom. The molecule has 0 aromatic heterocycles. The average molecular weight is 413 g/mol. The van der Waals surface area contributed by atoms with Crippen LogP contribution in [0.2, 0.25) is 0 Å². The number of aromatic hydroxyl groups is 2. The van der Waals surface area contributed by atoms with E-state index >= 15 is 0 Å². The van der Waals surface area contributed by atoms with Crippen LogP contribution in [0.5, 0.6) is 11.5 Å². The maximum absolute atomic E-state index is 11.7. The second-order valence-electron chi connectivity index (χ2n) is 10.2. The van der Waals surface area contributed by atoms with Crippen molar-refractivity contribution in [2.75, 3.05) is 0 Å². The van der Waals surface area contributed by atoms with Gasteiger partial charge in [-0.15, -0.1) is 0 Å².